The third-order valence-electron chi connectivity index (χ3n) is 2.67. The molecule has 6 heteroatoms. The molecule has 2 N–H and O–H groups in total. The first-order valence-corrected chi connectivity index (χ1v) is 5.43. The molecule has 1 rings (SSSR count). The van der Waals surface area contributed by atoms with Gasteiger partial charge in [-0.05, 0) is 20.8 Å². The Balaban J connectivity index is 2.78. The lowest BCUT2D eigenvalue weighted by atomic mass is 10.1. The van der Waals surface area contributed by atoms with Gasteiger partial charge in [0.1, 0.15) is 6.04 Å². The average molecular weight is 240 g/mol. The van der Waals surface area contributed by atoms with Crippen LogP contribution in [0.1, 0.15) is 20.8 Å². The highest BCUT2D eigenvalue weighted by Gasteiger charge is 2.47. The van der Waals surface area contributed by atoms with E-state index in [0.717, 1.165) is 0 Å². The second-order valence-corrected chi connectivity index (χ2v) is 4.56. The van der Waals surface area contributed by atoms with Crippen molar-refractivity contribution in [1.29, 1.82) is 0 Å². The molecule has 1 saturated heterocycles. The van der Waals surface area contributed by atoms with Gasteiger partial charge in [0.25, 0.3) is 0 Å². The van der Waals surface area contributed by atoms with E-state index in [4.69, 9.17) is 10.5 Å². The summed E-state index contributed by atoms with van der Waals surface area (Å²) in [6.45, 7) is 5.49. The van der Waals surface area contributed by atoms with E-state index in [1.54, 1.807) is 13.8 Å². The van der Waals surface area contributed by atoms with E-state index in [1.807, 2.05) is 0 Å². The molecular weight excluding hydrogens is 221 g/mol. The Bertz CT molecular complexity index is 223. The zero-order valence-electron chi connectivity index (χ0n) is 9.79. The molecular formula is C10H19F3N2O. The standard InChI is InChI=1S/C10H19F3N2O/c1-6-4-15(5-7(2)16-6)9(8(3)14)10(11,12)13/h6-9H,4-5,14H2,1-3H3/t6-,7+,8-,9+/m1/s1. The molecule has 0 aromatic rings. The Kier molecular flexibility index (Phi) is 4.20. The molecule has 0 aromatic heterocycles. The number of rotatable bonds is 2. The number of nitrogens with zero attached hydrogens (tertiary/aromatic N) is 1. The van der Waals surface area contributed by atoms with Crippen LogP contribution in [0, 0.1) is 0 Å². The minimum absolute atomic E-state index is 0.188. The lowest BCUT2D eigenvalue weighted by Gasteiger charge is -2.42. The van der Waals surface area contributed by atoms with Crippen molar-refractivity contribution in [2.24, 2.45) is 5.73 Å². The van der Waals surface area contributed by atoms with Gasteiger partial charge in [0, 0.05) is 19.1 Å². The van der Waals surface area contributed by atoms with Crippen molar-refractivity contribution in [2.75, 3.05) is 13.1 Å². The molecule has 0 spiro atoms. The van der Waals surface area contributed by atoms with Gasteiger partial charge >= 0.3 is 6.18 Å². The summed E-state index contributed by atoms with van der Waals surface area (Å²) in [4.78, 5) is 1.38. The minimum Gasteiger partial charge on any atom is -0.373 e. The number of halogens is 3. The van der Waals surface area contributed by atoms with Crippen molar-refractivity contribution >= 4 is 0 Å². The smallest absolute Gasteiger partial charge is 0.373 e. The molecule has 1 fully saturated rings. The predicted molar refractivity (Wildman–Crippen MR) is 55.1 cm³/mol. The van der Waals surface area contributed by atoms with Gasteiger partial charge in [-0.15, -0.1) is 0 Å². The molecule has 0 unspecified atom stereocenters. The normalized spacial score (nSPS) is 32.4. The highest BCUT2D eigenvalue weighted by atomic mass is 19.4. The maximum Gasteiger partial charge on any atom is 0.405 e. The predicted octanol–water partition coefficient (Wildman–Crippen LogP) is 1.37. The number of hydrogen-bond donors (Lipinski definition) is 1. The lowest BCUT2D eigenvalue weighted by molar-refractivity contribution is -0.206. The van der Waals surface area contributed by atoms with E-state index in [9.17, 15) is 13.2 Å². The van der Waals surface area contributed by atoms with Gasteiger partial charge in [-0.3, -0.25) is 4.90 Å². The lowest BCUT2D eigenvalue weighted by Crippen LogP contribution is -2.60. The Morgan fingerprint density at radius 1 is 1.25 bits per heavy atom. The van der Waals surface area contributed by atoms with Crippen molar-refractivity contribution in [3.63, 3.8) is 0 Å². The maximum atomic E-state index is 12.8. The molecule has 0 bridgehead atoms. The first-order valence-electron chi connectivity index (χ1n) is 5.43. The number of morpholine rings is 1. The molecule has 1 aliphatic heterocycles. The molecule has 3 nitrogen and oxygen atoms in total. The molecule has 4 atom stereocenters. The van der Waals surface area contributed by atoms with Gasteiger partial charge < -0.3 is 10.5 Å². The summed E-state index contributed by atoms with van der Waals surface area (Å²) in [6.07, 6.45) is -4.66. The van der Waals surface area contributed by atoms with E-state index in [2.05, 4.69) is 0 Å². The number of hydrogen-bond acceptors (Lipinski definition) is 3. The van der Waals surface area contributed by atoms with Crippen LogP contribution in [-0.2, 0) is 4.74 Å². The van der Waals surface area contributed by atoms with Gasteiger partial charge in [0.05, 0.1) is 12.2 Å². The van der Waals surface area contributed by atoms with Crippen LogP contribution in [0.25, 0.3) is 0 Å². The molecule has 1 heterocycles. The van der Waals surface area contributed by atoms with Gasteiger partial charge in [0.2, 0.25) is 0 Å². The molecule has 0 aromatic carbocycles. The van der Waals surface area contributed by atoms with Gasteiger partial charge in [0.15, 0.2) is 0 Å². The fourth-order valence-corrected chi connectivity index (χ4v) is 2.28. The molecule has 1 aliphatic rings. The van der Waals surface area contributed by atoms with Crippen LogP contribution in [-0.4, -0.2) is 48.5 Å². The average Bonchev–Trinajstić information content (AvgIpc) is 1.96. The Labute approximate surface area is 93.7 Å². The van der Waals surface area contributed by atoms with Crippen molar-refractivity contribution in [3.8, 4) is 0 Å². The first kappa shape index (κ1) is 13.7. The Morgan fingerprint density at radius 2 is 1.69 bits per heavy atom. The molecule has 0 aliphatic carbocycles. The highest BCUT2D eigenvalue weighted by molar-refractivity contribution is 4.89. The Morgan fingerprint density at radius 3 is 2.00 bits per heavy atom. The van der Waals surface area contributed by atoms with Crippen LogP contribution in [0.15, 0.2) is 0 Å². The number of nitrogens with two attached hydrogens (primary N) is 1. The summed E-state index contributed by atoms with van der Waals surface area (Å²) in [5, 5.41) is 0. The van der Waals surface area contributed by atoms with Crippen molar-refractivity contribution in [2.45, 2.75) is 51.2 Å². The molecule has 0 radical (unpaired) electrons. The second-order valence-electron chi connectivity index (χ2n) is 4.56. The van der Waals surface area contributed by atoms with Crippen LogP contribution in [0.3, 0.4) is 0 Å². The maximum absolute atomic E-state index is 12.8. The zero-order valence-corrected chi connectivity index (χ0v) is 9.79. The van der Waals surface area contributed by atoms with Crippen molar-refractivity contribution in [1.82, 2.24) is 4.90 Å². The zero-order chi connectivity index (χ0) is 12.5. The van der Waals surface area contributed by atoms with Crippen LogP contribution in [0.5, 0.6) is 0 Å². The summed E-state index contributed by atoms with van der Waals surface area (Å²) in [6, 6.07) is -2.52. The molecule has 16 heavy (non-hydrogen) atoms. The summed E-state index contributed by atoms with van der Waals surface area (Å²) in [7, 11) is 0. The largest absolute Gasteiger partial charge is 0.405 e. The summed E-state index contributed by atoms with van der Waals surface area (Å²) in [5.41, 5.74) is 5.44. The molecule has 96 valence electrons. The SMILES string of the molecule is C[C@@H]1CN([C@@H]([C@@H](C)N)C(F)(F)F)C[C@H](C)O1. The van der Waals surface area contributed by atoms with Crippen LogP contribution in [0.4, 0.5) is 13.2 Å². The first-order chi connectivity index (χ1) is 7.21. The van der Waals surface area contributed by atoms with E-state index < -0.39 is 18.3 Å². The third-order valence-corrected chi connectivity index (χ3v) is 2.67. The molecule has 0 saturated carbocycles. The van der Waals surface area contributed by atoms with E-state index >= 15 is 0 Å². The minimum atomic E-state index is -4.29. The summed E-state index contributed by atoms with van der Waals surface area (Å²) in [5.74, 6) is 0. The van der Waals surface area contributed by atoms with E-state index in [0.29, 0.717) is 0 Å². The second kappa shape index (κ2) is 4.89. The quantitative estimate of drug-likeness (QED) is 0.792. The van der Waals surface area contributed by atoms with Crippen LogP contribution >= 0.6 is 0 Å². The topological polar surface area (TPSA) is 38.5 Å². The fourth-order valence-electron chi connectivity index (χ4n) is 2.28. The van der Waals surface area contributed by atoms with Gasteiger partial charge in [-0.2, -0.15) is 13.2 Å². The van der Waals surface area contributed by atoms with Crippen LogP contribution in [0.2, 0.25) is 0 Å². The monoisotopic (exact) mass is 240 g/mol. The number of ether oxygens (including phenoxy) is 1. The van der Waals surface area contributed by atoms with E-state index in [-0.39, 0.29) is 25.3 Å². The number of alkyl halides is 3. The van der Waals surface area contributed by atoms with Crippen LogP contribution < -0.4 is 5.73 Å². The van der Waals surface area contributed by atoms with Crippen molar-refractivity contribution in [3.05, 3.63) is 0 Å². The summed E-state index contributed by atoms with van der Waals surface area (Å²) < 4.78 is 44.0. The summed E-state index contributed by atoms with van der Waals surface area (Å²) >= 11 is 0. The van der Waals surface area contributed by atoms with Gasteiger partial charge in [-0.1, -0.05) is 0 Å². The highest BCUT2D eigenvalue weighted by Crippen LogP contribution is 2.28. The van der Waals surface area contributed by atoms with Crippen molar-refractivity contribution < 1.29 is 17.9 Å². The Hall–Kier alpha value is -0.330. The van der Waals surface area contributed by atoms with Gasteiger partial charge in [-0.25, -0.2) is 0 Å². The fraction of sp³-hybridized carbons (Fsp3) is 1.00. The third kappa shape index (κ3) is 3.33. The molecule has 0 amide bonds. The van der Waals surface area contributed by atoms with E-state index in [1.165, 1.54) is 11.8 Å².